The minimum atomic E-state index is -0.583. The van der Waals surface area contributed by atoms with Gasteiger partial charge in [0, 0.05) is 5.39 Å². The Morgan fingerprint density at radius 3 is 2.76 bits per heavy atom. The minimum absolute atomic E-state index is 0.181. The van der Waals surface area contributed by atoms with Crippen LogP contribution in [0.2, 0.25) is 0 Å². The summed E-state index contributed by atoms with van der Waals surface area (Å²) in [7, 11) is 0. The predicted molar refractivity (Wildman–Crippen MR) is 92.1 cm³/mol. The van der Waals surface area contributed by atoms with Crippen molar-refractivity contribution in [3.8, 4) is 17.5 Å². The van der Waals surface area contributed by atoms with Gasteiger partial charge in [-0.3, -0.25) is 9.36 Å². The first kappa shape index (κ1) is 14.8. The number of carbonyl (C=O) groups is 1. The number of aromatic nitrogens is 2. The Labute approximate surface area is 141 Å². The molecule has 0 spiro atoms. The molecule has 0 amide bonds. The number of benzene rings is 2. The van der Waals surface area contributed by atoms with Gasteiger partial charge in [0.2, 0.25) is 5.91 Å². The van der Waals surface area contributed by atoms with E-state index in [-0.39, 0.29) is 17.8 Å². The normalized spacial score (nSPS) is 10.8. The van der Waals surface area contributed by atoms with E-state index in [4.69, 9.17) is 9.68 Å². The van der Waals surface area contributed by atoms with E-state index in [0.717, 1.165) is 5.39 Å². The molecule has 0 aliphatic rings. The third-order valence-electron chi connectivity index (χ3n) is 3.92. The zero-order chi connectivity index (χ0) is 17.4. The number of para-hydroxylation sites is 3. The Kier molecular flexibility index (Phi) is 3.40. The lowest BCUT2D eigenvalue weighted by atomic mass is 10.2. The molecule has 2 aromatic carbocycles. The number of imidazole rings is 1. The molecule has 0 radical (unpaired) electrons. The Bertz CT molecular complexity index is 1230. The van der Waals surface area contributed by atoms with Gasteiger partial charge in [-0.2, -0.15) is 5.26 Å². The van der Waals surface area contributed by atoms with Crippen LogP contribution in [0.4, 0.5) is 0 Å². The summed E-state index contributed by atoms with van der Waals surface area (Å²) >= 11 is 0. The smallest absolute Gasteiger partial charge is 0.347 e. The van der Waals surface area contributed by atoms with Crippen LogP contribution in [0, 0.1) is 11.3 Å². The first-order valence-corrected chi connectivity index (χ1v) is 7.60. The second kappa shape index (κ2) is 5.73. The fraction of sp³-hybridized carbons (Fsp3) is 0.0526. The summed E-state index contributed by atoms with van der Waals surface area (Å²) in [5.41, 5.74) is 1.17. The molecule has 4 aromatic rings. The number of nitrogens with zero attached hydrogens (tertiary/aromatic N) is 3. The van der Waals surface area contributed by atoms with Crippen LogP contribution >= 0.6 is 0 Å². The maximum Gasteiger partial charge on any atom is 0.347 e. The van der Waals surface area contributed by atoms with E-state index < -0.39 is 11.5 Å². The molecular weight excluding hydrogens is 318 g/mol. The van der Waals surface area contributed by atoms with Crippen LogP contribution in [0.1, 0.15) is 11.2 Å². The van der Waals surface area contributed by atoms with E-state index in [9.17, 15) is 9.59 Å². The fourth-order valence-electron chi connectivity index (χ4n) is 2.82. The SMILES string of the molecule is N#CCC(=O)n1c(-c2cc3ccccc3oc2=O)nc2ccccc21. The maximum absolute atomic E-state index is 12.5. The number of nitriles is 1. The van der Waals surface area contributed by atoms with Gasteiger partial charge in [-0.25, -0.2) is 9.78 Å². The van der Waals surface area contributed by atoms with Crippen molar-refractivity contribution in [2.24, 2.45) is 0 Å². The molecule has 0 saturated carbocycles. The van der Waals surface area contributed by atoms with Crippen LogP contribution in [-0.2, 0) is 0 Å². The molecule has 0 bridgehead atoms. The van der Waals surface area contributed by atoms with E-state index in [1.54, 1.807) is 42.5 Å². The maximum atomic E-state index is 12.5. The molecule has 0 aliphatic carbocycles. The average Bonchev–Trinajstić information content (AvgIpc) is 3.00. The highest BCUT2D eigenvalue weighted by molar-refractivity contribution is 5.96. The zero-order valence-electron chi connectivity index (χ0n) is 13.0. The third kappa shape index (κ3) is 2.39. The van der Waals surface area contributed by atoms with Crippen LogP contribution < -0.4 is 5.63 Å². The summed E-state index contributed by atoms with van der Waals surface area (Å²) in [6, 6.07) is 17.6. The first-order chi connectivity index (χ1) is 12.2. The van der Waals surface area contributed by atoms with E-state index >= 15 is 0 Å². The molecule has 6 nitrogen and oxygen atoms in total. The lowest BCUT2D eigenvalue weighted by molar-refractivity contribution is 0.0926. The summed E-state index contributed by atoms with van der Waals surface area (Å²) in [5.74, 6) is -0.264. The van der Waals surface area contributed by atoms with Crippen LogP contribution in [0.3, 0.4) is 0 Å². The van der Waals surface area contributed by atoms with Crippen molar-refractivity contribution in [3.05, 3.63) is 65.0 Å². The number of hydrogen-bond acceptors (Lipinski definition) is 5. The zero-order valence-corrected chi connectivity index (χ0v) is 13.0. The number of carbonyl (C=O) groups excluding carboxylic acids is 1. The van der Waals surface area contributed by atoms with Crippen molar-refractivity contribution in [2.45, 2.75) is 6.42 Å². The number of fused-ring (bicyclic) bond motifs is 2. The van der Waals surface area contributed by atoms with Crippen LogP contribution in [0.25, 0.3) is 33.4 Å². The van der Waals surface area contributed by atoms with Gasteiger partial charge in [-0.1, -0.05) is 30.3 Å². The Balaban J connectivity index is 2.06. The van der Waals surface area contributed by atoms with E-state index in [1.807, 2.05) is 18.2 Å². The van der Waals surface area contributed by atoms with Gasteiger partial charge in [0.15, 0.2) is 5.82 Å². The van der Waals surface area contributed by atoms with E-state index in [2.05, 4.69) is 4.98 Å². The minimum Gasteiger partial charge on any atom is -0.422 e. The number of hydrogen-bond donors (Lipinski definition) is 0. The van der Waals surface area contributed by atoms with Crippen molar-refractivity contribution in [3.63, 3.8) is 0 Å². The number of rotatable bonds is 2. The molecule has 0 aliphatic heterocycles. The summed E-state index contributed by atoms with van der Waals surface area (Å²) in [5, 5.41) is 9.61. The van der Waals surface area contributed by atoms with E-state index in [0.29, 0.717) is 16.6 Å². The second-order valence-corrected chi connectivity index (χ2v) is 5.47. The molecule has 2 aromatic heterocycles. The largest absolute Gasteiger partial charge is 0.422 e. The Morgan fingerprint density at radius 2 is 1.92 bits per heavy atom. The molecule has 0 fully saturated rings. The lowest BCUT2D eigenvalue weighted by Crippen LogP contribution is -2.14. The molecule has 0 unspecified atom stereocenters. The molecule has 4 rings (SSSR count). The second-order valence-electron chi connectivity index (χ2n) is 5.47. The van der Waals surface area contributed by atoms with Crippen molar-refractivity contribution in [2.75, 3.05) is 0 Å². The van der Waals surface area contributed by atoms with Gasteiger partial charge in [-0.15, -0.1) is 0 Å². The molecule has 0 N–H and O–H groups in total. The standard InChI is InChI=1S/C19H11N3O3/c20-10-9-17(23)22-15-7-3-2-6-14(15)21-18(22)13-11-12-5-1-4-8-16(12)25-19(13)24/h1-8,11H,9H2. The van der Waals surface area contributed by atoms with Crippen molar-refractivity contribution in [1.29, 1.82) is 5.26 Å². The summed E-state index contributed by atoms with van der Waals surface area (Å²) in [4.78, 5) is 29.3. The lowest BCUT2D eigenvalue weighted by Gasteiger charge is -2.06. The Morgan fingerprint density at radius 1 is 1.16 bits per heavy atom. The highest BCUT2D eigenvalue weighted by Gasteiger charge is 2.21. The van der Waals surface area contributed by atoms with Crippen molar-refractivity contribution in [1.82, 2.24) is 9.55 Å². The first-order valence-electron chi connectivity index (χ1n) is 7.60. The van der Waals surface area contributed by atoms with Crippen molar-refractivity contribution >= 4 is 27.9 Å². The van der Waals surface area contributed by atoms with Crippen LogP contribution in [0.5, 0.6) is 0 Å². The fourth-order valence-corrected chi connectivity index (χ4v) is 2.82. The van der Waals surface area contributed by atoms with Crippen molar-refractivity contribution < 1.29 is 9.21 Å². The van der Waals surface area contributed by atoms with Gasteiger partial charge >= 0.3 is 5.63 Å². The van der Waals surface area contributed by atoms with Crippen LogP contribution in [-0.4, -0.2) is 15.5 Å². The highest BCUT2D eigenvalue weighted by atomic mass is 16.4. The monoisotopic (exact) mass is 329 g/mol. The third-order valence-corrected chi connectivity index (χ3v) is 3.92. The van der Waals surface area contributed by atoms with Gasteiger partial charge < -0.3 is 4.42 Å². The molecule has 120 valence electrons. The Hall–Kier alpha value is -3.72. The van der Waals surface area contributed by atoms with Gasteiger partial charge in [0.05, 0.1) is 17.1 Å². The summed E-state index contributed by atoms with van der Waals surface area (Å²) in [6.45, 7) is 0. The predicted octanol–water partition coefficient (Wildman–Crippen LogP) is 3.36. The molecule has 0 atom stereocenters. The summed E-state index contributed by atoms with van der Waals surface area (Å²) < 4.78 is 6.66. The average molecular weight is 329 g/mol. The van der Waals surface area contributed by atoms with Crippen LogP contribution in [0.15, 0.2) is 63.8 Å². The van der Waals surface area contributed by atoms with Gasteiger partial charge in [0.25, 0.3) is 0 Å². The van der Waals surface area contributed by atoms with E-state index in [1.165, 1.54) is 4.57 Å². The molecule has 25 heavy (non-hydrogen) atoms. The molecule has 0 saturated heterocycles. The summed E-state index contributed by atoms with van der Waals surface area (Å²) in [6.07, 6.45) is -0.313. The van der Waals surface area contributed by atoms with Gasteiger partial charge in [-0.05, 0) is 24.3 Å². The molecule has 2 heterocycles. The molecular formula is C19H11N3O3. The quantitative estimate of drug-likeness (QED) is 0.526. The topological polar surface area (TPSA) is 88.9 Å². The molecule has 6 heteroatoms. The highest BCUT2D eigenvalue weighted by Crippen LogP contribution is 2.25. The van der Waals surface area contributed by atoms with Gasteiger partial charge in [0.1, 0.15) is 17.6 Å².